The molecule has 1 aromatic heterocycles. The molecular formula is C13H19NOS. The van der Waals surface area contributed by atoms with Crippen LogP contribution < -0.4 is 4.90 Å². The van der Waals surface area contributed by atoms with Gasteiger partial charge in [-0.15, -0.1) is 11.3 Å². The highest BCUT2D eigenvalue weighted by molar-refractivity contribution is 7.16. The first-order valence-corrected chi connectivity index (χ1v) is 6.78. The molecular weight excluding hydrogens is 218 g/mol. The molecule has 1 fully saturated rings. The maximum absolute atomic E-state index is 9.18. The zero-order valence-electron chi connectivity index (χ0n) is 9.72. The first-order chi connectivity index (χ1) is 7.75. The molecule has 88 valence electrons. The highest BCUT2D eigenvalue weighted by atomic mass is 32.1. The molecule has 0 aromatic carbocycles. The van der Waals surface area contributed by atoms with Crippen molar-refractivity contribution in [3.05, 3.63) is 23.1 Å². The third-order valence-corrected chi connectivity index (χ3v) is 3.93. The fourth-order valence-electron chi connectivity index (χ4n) is 1.95. The molecule has 0 radical (unpaired) electrons. The van der Waals surface area contributed by atoms with Gasteiger partial charge in [0, 0.05) is 18.0 Å². The van der Waals surface area contributed by atoms with Gasteiger partial charge in [0.05, 0.1) is 11.1 Å². The van der Waals surface area contributed by atoms with Crippen molar-refractivity contribution in [2.75, 3.05) is 18.0 Å². The van der Waals surface area contributed by atoms with Gasteiger partial charge in [0.15, 0.2) is 0 Å². The molecule has 1 unspecified atom stereocenters. The van der Waals surface area contributed by atoms with Crippen molar-refractivity contribution in [2.45, 2.75) is 32.3 Å². The molecule has 0 bridgehead atoms. The molecule has 1 aromatic rings. The van der Waals surface area contributed by atoms with Crippen LogP contribution in [0.15, 0.2) is 18.2 Å². The summed E-state index contributed by atoms with van der Waals surface area (Å²) in [6.07, 6.45) is 7.47. The molecule has 1 atom stereocenters. The maximum atomic E-state index is 9.18. The number of anilines is 1. The number of aliphatic hydroxyl groups is 1. The molecule has 2 nitrogen and oxygen atoms in total. The minimum absolute atomic E-state index is 0.361. The number of rotatable bonds is 3. The highest BCUT2D eigenvalue weighted by Crippen LogP contribution is 2.29. The van der Waals surface area contributed by atoms with Crippen LogP contribution in [0.25, 0.3) is 6.08 Å². The van der Waals surface area contributed by atoms with Gasteiger partial charge < -0.3 is 10.0 Å². The molecule has 3 heteroatoms. The molecule has 0 aliphatic carbocycles. The number of aliphatic hydroxyl groups excluding tert-OH is 1. The molecule has 1 saturated heterocycles. The van der Waals surface area contributed by atoms with Crippen LogP contribution in [0.1, 0.15) is 31.1 Å². The van der Waals surface area contributed by atoms with E-state index in [1.165, 1.54) is 42.2 Å². The molecule has 0 saturated carbocycles. The Bertz CT molecular complexity index is 351. The predicted molar refractivity (Wildman–Crippen MR) is 71.1 cm³/mol. The van der Waals surface area contributed by atoms with Crippen molar-refractivity contribution < 1.29 is 5.11 Å². The van der Waals surface area contributed by atoms with E-state index in [0.717, 1.165) is 0 Å². The second kappa shape index (κ2) is 5.51. The van der Waals surface area contributed by atoms with Crippen molar-refractivity contribution in [1.82, 2.24) is 0 Å². The summed E-state index contributed by atoms with van der Waals surface area (Å²) in [6.45, 7) is 4.16. The summed E-state index contributed by atoms with van der Waals surface area (Å²) in [6, 6.07) is 4.32. The van der Waals surface area contributed by atoms with Crippen molar-refractivity contribution >= 4 is 22.4 Å². The lowest BCUT2D eigenvalue weighted by atomic mass is 10.1. The SMILES string of the molecule is CC(O)/C=C/c1ccc(N2CCCCC2)s1. The summed E-state index contributed by atoms with van der Waals surface area (Å²) in [5.74, 6) is 0. The summed E-state index contributed by atoms with van der Waals surface area (Å²) < 4.78 is 0. The van der Waals surface area contributed by atoms with Gasteiger partial charge in [-0.3, -0.25) is 0 Å². The summed E-state index contributed by atoms with van der Waals surface area (Å²) in [7, 11) is 0. The van der Waals surface area contributed by atoms with Gasteiger partial charge in [-0.25, -0.2) is 0 Å². The molecule has 1 N–H and O–H groups in total. The average Bonchev–Trinajstić information content (AvgIpc) is 2.76. The molecule has 1 aliphatic rings. The van der Waals surface area contributed by atoms with Crippen LogP contribution in [0, 0.1) is 0 Å². The molecule has 16 heavy (non-hydrogen) atoms. The summed E-state index contributed by atoms with van der Waals surface area (Å²) in [4.78, 5) is 3.69. The Morgan fingerprint density at radius 1 is 1.31 bits per heavy atom. The van der Waals surface area contributed by atoms with Crippen LogP contribution >= 0.6 is 11.3 Å². The Morgan fingerprint density at radius 3 is 2.75 bits per heavy atom. The van der Waals surface area contributed by atoms with Gasteiger partial charge in [-0.2, -0.15) is 0 Å². The van der Waals surface area contributed by atoms with Crippen LogP contribution in [0.2, 0.25) is 0 Å². The van der Waals surface area contributed by atoms with E-state index in [4.69, 9.17) is 0 Å². The van der Waals surface area contributed by atoms with Crippen molar-refractivity contribution in [3.63, 3.8) is 0 Å². The number of hydrogen-bond acceptors (Lipinski definition) is 3. The number of hydrogen-bond donors (Lipinski definition) is 1. The van der Waals surface area contributed by atoms with Crippen LogP contribution in [-0.4, -0.2) is 24.3 Å². The largest absolute Gasteiger partial charge is 0.389 e. The average molecular weight is 237 g/mol. The van der Waals surface area contributed by atoms with Crippen molar-refractivity contribution in [2.24, 2.45) is 0 Å². The molecule has 0 spiro atoms. The van der Waals surface area contributed by atoms with E-state index in [9.17, 15) is 5.11 Å². The van der Waals surface area contributed by atoms with Gasteiger partial charge in [0.1, 0.15) is 0 Å². The zero-order valence-corrected chi connectivity index (χ0v) is 10.5. The number of nitrogens with zero attached hydrogens (tertiary/aromatic N) is 1. The number of thiophene rings is 1. The Balaban J connectivity index is 2.01. The summed E-state index contributed by atoms with van der Waals surface area (Å²) in [5.41, 5.74) is 0. The fraction of sp³-hybridized carbons (Fsp3) is 0.538. The van der Waals surface area contributed by atoms with E-state index in [1.807, 2.05) is 23.5 Å². The topological polar surface area (TPSA) is 23.5 Å². The maximum Gasteiger partial charge on any atom is 0.0914 e. The molecule has 2 rings (SSSR count). The van der Waals surface area contributed by atoms with Gasteiger partial charge in [0.2, 0.25) is 0 Å². The fourth-order valence-corrected chi connectivity index (χ4v) is 2.92. The van der Waals surface area contributed by atoms with Crippen LogP contribution in [0.3, 0.4) is 0 Å². The lowest BCUT2D eigenvalue weighted by Gasteiger charge is -2.27. The molecule has 1 aliphatic heterocycles. The Labute approximate surface area is 101 Å². The van der Waals surface area contributed by atoms with E-state index >= 15 is 0 Å². The van der Waals surface area contributed by atoms with E-state index in [-0.39, 0.29) is 6.10 Å². The van der Waals surface area contributed by atoms with Gasteiger partial charge >= 0.3 is 0 Å². The minimum Gasteiger partial charge on any atom is -0.389 e. The molecule has 0 amide bonds. The van der Waals surface area contributed by atoms with Gasteiger partial charge in [-0.1, -0.05) is 6.08 Å². The second-order valence-corrected chi connectivity index (χ2v) is 5.42. The summed E-state index contributed by atoms with van der Waals surface area (Å²) in [5, 5.41) is 10.5. The normalized spacial score (nSPS) is 19.2. The predicted octanol–water partition coefficient (Wildman–Crippen LogP) is 3.13. The van der Waals surface area contributed by atoms with E-state index in [0.29, 0.717) is 0 Å². The van der Waals surface area contributed by atoms with Gasteiger partial charge in [0.25, 0.3) is 0 Å². The second-order valence-electron chi connectivity index (χ2n) is 4.32. The smallest absolute Gasteiger partial charge is 0.0914 e. The first kappa shape index (κ1) is 11.7. The van der Waals surface area contributed by atoms with E-state index < -0.39 is 0 Å². The monoisotopic (exact) mass is 237 g/mol. The van der Waals surface area contributed by atoms with Crippen molar-refractivity contribution in [3.8, 4) is 0 Å². The van der Waals surface area contributed by atoms with E-state index in [1.54, 1.807) is 6.92 Å². The Kier molecular flexibility index (Phi) is 4.02. The minimum atomic E-state index is -0.361. The Morgan fingerprint density at radius 2 is 2.06 bits per heavy atom. The van der Waals surface area contributed by atoms with Crippen LogP contribution in [-0.2, 0) is 0 Å². The molecule has 2 heterocycles. The van der Waals surface area contributed by atoms with Crippen molar-refractivity contribution in [1.29, 1.82) is 0 Å². The quantitative estimate of drug-likeness (QED) is 0.873. The van der Waals surface area contributed by atoms with Gasteiger partial charge in [-0.05, 0) is 44.4 Å². The van der Waals surface area contributed by atoms with Crippen LogP contribution in [0.4, 0.5) is 5.00 Å². The standard InChI is InChI=1S/C13H19NOS/c1-11(15)5-6-12-7-8-13(16-12)14-9-3-2-4-10-14/h5-8,11,15H,2-4,9-10H2,1H3/b6-5+. The van der Waals surface area contributed by atoms with E-state index in [2.05, 4.69) is 17.0 Å². The first-order valence-electron chi connectivity index (χ1n) is 5.97. The Hall–Kier alpha value is -0.800. The third-order valence-electron chi connectivity index (χ3n) is 2.82. The lowest BCUT2D eigenvalue weighted by molar-refractivity contribution is 0.245. The lowest BCUT2D eigenvalue weighted by Crippen LogP contribution is -2.28. The number of piperidine rings is 1. The zero-order chi connectivity index (χ0) is 11.4. The third kappa shape index (κ3) is 3.09. The van der Waals surface area contributed by atoms with Crippen LogP contribution in [0.5, 0.6) is 0 Å². The highest BCUT2D eigenvalue weighted by Gasteiger charge is 2.12. The summed E-state index contributed by atoms with van der Waals surface area (Å²) >= 11 is 1.81.